The van der Waals surface area contributed by atoms with Gasteiger partial charge in [-0.25, -0.2) is 4.39 Å². The van der Waals surface area contributed by atoms with Crippen molar-refractivity contribution in [3.8, 4) is 0 Å². The topological polar surface area (TPSA) is 38.3 Å². The van der Waals surface area contributed by atoms with Crippen LogP contribution in [-0.4, -0.2) is 12.5 Å². The highest BCUT2D eigenvalue weighted by molar-refractivity contribution is 5.78. The summed E-state index contributed by atoms with van der Waals surface area (Å²) in [6.45, 7) is 3.73. The summed E-state index contributed by atoms with van der Waals surface area (Å²) >= 11 is 0. The van der Waals surface area contributed by atoms with Crippen LogP contribution in [0.1, 0.15) is 30.0 Å². The molecule has 4 heteroatoms. The van der Waals surface area contributed by atoms with Gasteiger partial charge in [-0.05, 0) is 29.2 Å². The number of hydrogen-bond acceptors (Lipinski definition) is 2. The van der Waals surface area contributed by atoms with Gasteiger partial charge in [0, 0.05) is 13.2 Å². The van der Waals surface area contributed by atoms with E-state index in [1.807, 2.05) is 24.3 Å². The lowest BCUT2D eigenvalue weighted by molar-refractivity contribution is -0.120. The van der Waals surface area contributed by atoms with Gasteiger partial charge in [-0.1, -0.05) is 49.4 Å². The fourth-order valence-corrected chi connectivity index (χ4v) is 2.27. The molecule has 2 aromatic carbocycles. The van der Waals surface area contributed by atoms with Crippen molar-refractivity contribution in [1.29, 1.82) is 0 Å². The van der Waals surface area contributed by atoms with E-state index >= 15 is 0 Å². The predicted molar refractivity (Wildman–Crippen MR) is 88.3 cm³/mol. The molecule has 0 aromatic heterocycles. The minimum absolute atomic E-state index is 0.0428. The van der Waals surface area contributed by atoms with E-state index in [0.29, 0.717) is 25.3 Å². The number of rotatable bonds is 8. The number of amides is 1. The molecule has 0 spiro atoms. The van der Waals surface area contributed by atoms with Gasteiger partial charge < -0.3 is 10.1 Å². The minimum Gasteiger partial charge on any atom is -0.377 e. The van der Waals surface area contributed by atoms with Crippen LogP contribution in [-0.2, 0) is 29.1 Å². The lowest BCUT2D eigenvalue weighted by Gasteiger charge is -2.11. The van der Waals surface area contributed by atoms with Gasteiger partial charge in [0.2, 0.25) is 5.91 Å². The molecule has 3 nitrogen and oxygen atoms in total. The maximum atomic E-state index is 13.6. The van der Waals surface area contributed by atoms with E-state index < -0.39 is 0 Å². The minimum atomic E-state index is -0.351. The van der Waals surface area contributed by atoms with Gasteiger partial charge in [0.1, 0.15) is 5.82 Å². The molecule has 0 aliphatic carbocycles. The van der Waals surface area contributed by atoms with E-state index in [1.165, 1.54) is 6.07 Å². The second-order valence-electron chi connectivity index (χ2n) is 5.37. The van der Waals surface area contributed by atoms with E-state index in [2.05, 4.69) is 12.2 Å². The van der Waals surface area contributed by atoms with Gasteiger partial charge in [-0.15, -0.1) is 0 Å². The summed E-state index contributed by atoms with van der Waals surface area (Å²) in [4.78, 5) is 12.0. The van der Waals surface area contributed by atoms with Gasteiger partial charge in [0.05, 0.1) is 13.0 Å². The zero-order chi connectivity index (χ0) is 16.5. The molecule has 0 aliphatic rings. The molecule has 23 heavy (non-hydrogen) atoms. The molecule has 0 bridgehead atoms. The second-order valence-corrected chi connectivity index (χ2v) is 5.37. The second kappa shape index (κ2) is 9.06. The number of halogens is 1. The van der Waals surface area contributed by atoms with E-state index in [9.17, 15) is 9.18 Å². The number of nitrogens with one attached hydrogen (secondary N) is 1. The van der Waals surface area contributed by atoms with Gasteiger partial charge >= 0.3 is 0 Å². The molecule has 2 aromatic rings. The Morgan fingerprint density at radius 1 is 1.04 bits per heavy atom. The molecule has 122 valence electrons. The highest BCUT2D eigenvalue weighted by atomic mass is 19.1. The van der Waals surface area contributed by atoms with Crippen molar-refractivity contribution in [1.82, 2.24) is 5.32 Å². The van der Waals surface area contributed by atoms with Crippen molar-refractivity contribution in [3.05, 3.63) is 71.0 Å². The largest absolute Gasteiger partial charge is 0.377 e. The van der Waals surface area contributed by atoms with E-state index in [-0.39, 0.29) is 18.1 Å². The summed E-state index contributed by atoms with van der Waals surface area (Å²) in [7, 11) is 0. The third-order valence-corrected chi connectivity index (χ3v) is 3.51. The molecule has 0 aliphatic heterocycles. The third-order valence-electron chi connectivity index (χ3n) is 3.51. The van der Waals surface area contributed by atoms with Crippen LogP contribution < -0.4 is 5.32 Å². The first-order valence-corrected chi connectivity index (χ1v) is 7.85. The Morgan fingerprint density at radius 2 is 1.70 bits per heavy atom. The molecule has 0 unspecified atom stereocenters. The molecule has 0 fully saturated rings. The van der Waals surface area contributed by atoms with Crippen LogP contribution in [0.3, 0.4) is 0 Å². The van der Waals surface area contributed by atoms with Crippen LogP contribution in [0.5, 0.6) is 0 Å². The van der Waals surface area contributed by atoms with Crippen molar-refractivity contribution in [2.75, 3.05) is 6.61 Å². The Bertz CT molecular complexity index is 643. The Labute approximate surface area is 136 Å². The number of hydrogen-bond donors (Lipinski definition) is 1. The fraction of sp³-hybridized carbons (Fsp3) is 0.316. The first kappa shape index (κ1) is 17.2. The molecule has 0 saturated heterocycles. The molecule has 0 heterocycles. The average molecular weight is 315 g/mol. The SMILES string of the molecule is CCCOCc1ccccc1CNC(=O)Cc1ccccc1F. The summed E-state index contributed by atoms with van der Waals surface area (Å²) in [5.74, 6) is -0.546. The maximum absolute atomic E-state index is 13.6. The molecule has 0 radical (unpaired) electrons. The first-order chi connectivity index (χ1) is 11.2. The van der Waals surface area contributed by atoms with Crippen molar-refractivity contribution < 1.29 is 13.9 Å². The van der Waals surface area contributed by atoms with E-state index in [1.54, 1.807) is 18.2 Å². The Balaban J connectivity index is 1.90. The quantitative estimate of drug-likeness (QED) is 0.756. The number of carbonyl (C=O) groups is 1. The number of carbonyl (C=O) groups excluding carboxylic acids is 1. The molecular weight excluding hydrogens is 293 g/mol. The van der Waals surface area contributed by atoms with Crippen molar-refractivity contribution in [2.45, 2.75) is 32.9 Å². The summed E-state index contributed by atoms with van der Waals surface area (Å²) in [5.41, 5.74) is 2.49. The van der Waals surface area contributed by atoms with Crippen molar-refractivity contribution in [3.63, 3.8) is 0 Å². The number of ether oxygens (including phenoxy) is 1. The summed E-state index contributed by atoms with van der Waals surface area (Å²) in [6.07, 6.45) is 1.02. The predicted octanol–water partition coefficient (Wildman–Crippen LogP) is 3.61. The van der Waals surface area contributed by atoms with Crippen LogP contribution in [0.2, 0.25) is 0 Å². The molecular formula is C19H22FNO2. The highest BCUT2D eigenvalue weighted by Gasteiger charge is 2.08. The summed E-state index contributed by atoms with van der Waals surface area (Å²) < 4.78 is 19.1. The molecule has 1 amide bonds. The van der Waals surface area contributed by atoms with Gasteiger partial charge in [-0.3, -0.25) is 4.79 Å². The Morgan fingerprint density at radius 3 is 2.39 bits per heavy atom. The smallest absolute Gasteiger partial charge is 0.224 e. The van der Waals surface area contributed by atoms with Gasteiger partial charge in [0.25, 0.3) is 0 Å². The zero-order valence-electron chi connectivity index (χ0n) is 13.3. The van der Waals surface area contributed by atoms with Gasteiger partial charge in [0.15, 0.2) is 0 Å². The third kappa shape index (κ3) is 5.49. The molecule has 1 N–H and O–H groups in total. The maximum Gasteiger partial charge on any atom is 0.224 e. The van der Waals surface area contributed by atoms with Crippen molar-refractivity contribution >= 4 is 5.91 Å². The summed E-state index contributed by atoms with van der Waals surface area (Å²) in [5, 5.41) is 2.84. The standard InChI is InChI=1S/C19H22FNO2/c1-2-11-23-14-17-9-4-3-8-16(17)13-21-19(22)12-15-7-5-6-10-18(15)20/h3-10H,2,11-14H2,1H3,(H,21,22). The van der Waals surface area contributed by atoms with Gasteiger partial charge in [-0.2, -0.15) is 0 Å². The Kier molecular flexibility index (Phi) is 6.76. The van der Waals surface area contributed by atoms with E-state index in [4.69, 9.17) is 4.74 Å². The van der Waals surface area contributed by atoms with Crippen LogP contribution in [0.15, 0.2) is 48.5 Å². The average Bonchev–Trinajstić information content (AvgIpc) is 2.56. The van der Waals surface area contributed by atoms with Crippen LogP contribution >= 0.6 is 0 Å². The summed E-state index contributed by atoms with van der Waals surface area (Å²) in [6, 6.07) is 14.2. The zero-order valence-corrected chi connectivity index (χ0v) is 13.3. The lowest BCUT2D eigenvalue weighted by atomic mass is 10.1. The fourth-order valence-electron chi connectivity index (χ4n) is 2.27. The van der Waals surface area contributed by atoms with Crippen LogP contribution in [0.4, 0.5) is 4.39 Å². The normalized spacial score (nSPS) is 10.5. The lowest BCUT2D eigenvalue weighted by Crippen LogP contribution is -2.25. The molecule has 0 saturated carbocycles. The van der Waals surface area contributed by atoms with Crippen LogP contribution in [0.25, 0.3) is 0 Å². The van der Waals surface area contributed by atoms with Crippen molar-refractivity contribution in [2.24, 2.45) is 0 Å². The van der Waals surface area contributed by atoms with E-state index in [0.717, 1.165) is 17.5 Å². The molecule has 0 atom stereocenters. The molecule has 2 rings (SSSR count). The monoisotopic (exact) mass is 315 g/mol. The Hall–Kier alpha value is -2.20. The number of benzene rings is 2. The van der Waals surface area contributed by atoms with Crippen LogP contribution in [0, 0.1) is 5.82 Å². The first-order valence-electron chi connectivity index (χ1n) is 7.85. The highest BCUT2D eigenvalue weighted by Crippen LogP contribution is 2.11.